The molecule has 4 heterocycles. The van der Waals surface area contributed by atoms with Crippen molar-refractivity contribution in [2.45, 2.75) is 0 Å². The predicted molar refractivity (Wildman–Crippen MR) is 106 cm³/mol. The predicted octanol–water partition coefficient (Wildman–Crippen LogP) is 2.68. The topological polar surface area (TPSA) is 108 Å². The Bertz CT molecular complexity index is 1460. The summed E-state index contributed by atoms with van der Waals surface area (Å²) in [6, 6.07) is 9.51. The van der Waals surface area contributed by atoms with E-state index in [2.05, 4.69) is 26.1 Å². The number of nitrogens with one attached hydrogen (secondary N) is 2. The Balaban J connectivity index is 1.93. The molecule has 5 rings (SSSR count). The number of benzene rings is 1. The Hall–Kier alpha value is -4.12. The highest BCUT2D eigenvalue weighted by Gasteiger charge is 2.21. The molecule has 1 aromatic carbocycles. The third kappa shape index (κ3) is 2.20. The molecule has 0 fully saturated rings. The number of pyridine rings is 1. The van der Waals surface area contributed by atoms with Crippen LogP contribution in [0.5, 0.6) is 0 Å². The second-order valence-electron chi connectivity index (χ2n) is 6.70. The van der Waals surface area contributed by atoms with Gasteiger partial charge in [0, 0.05) is 31.4 Å². The van der Waals surface area contributed by atoms with Crippen molar-refractivity contribution in [3.05, 3.63) is 58.9 Å². The zero-order valence-electron chi connectivity index (χ0n) is 15.2. The quantitative estimate of drug-likeness (QED) is 0.499. The Labute approximate surface area is 158 Å². The summed E-state index contributed by atoms with van der Waals surface area (Å²) in [6.45, 7) is 0. The van der Waals surface area contributed by atoms with Crippen LogP contribution in [0.3, 0.4) is 0 Å². The van der Waals surface area contributed by atoms with E-state index in [4.69, 9.17) is 5.26 Å². The van der Waals surface area contributed by atoms with Crippen LogP contribution >= 0.6 is 0 Å². The van der Waals surface area contributed by atoms with E-state index < -0.39 is 0 Å². The van der Waals surface area contributed by atoms with Gasteiger partial charge in [0.15, 0.2) is 0 Å². The molecule has 0 aliphatic rings. The van der Waals surface area contributed by atoms with E-state index in [0.29, 0.717) is 11.2 Å². The summed E-state index contributed by atoms with van der Waals surface area (Å²) in [5.74, 6) is 0. The first-order valence-electron chi connectivity index (χ1n) is 8.65. The summed E-state index contributed by atoms with van der Waals surface area (Å²) < 4.78 is 3.28. The SMILES string of the molecule is Cn1cc(-c2[nH]c3ncc4c([nH]c(=O)n4C)c3c2-c2ccc(C#N)cc2)cn1. The van der Waals surface area contributed by atoms with E-state index in [1.54, 1.807) is 40.8 Å². The minimum Gasteiger partial charge on any atom is -0.339 e. The standard InChI is InChI=1S/C20H15N7O/c1-26-10-13(8-23-26)17-15(12-5-3-11(7-21)4-6-12)16-18-14(9-22-19(16)24-17)27(2)20(28)25-18/h3-6,8-10H,1-2H3,(H,22,24)(H,25,28). The normalized spacial score (nSPS) is 11.3. The molecular weight excluding hydrogens is 354 g/mol. The van der Waals surface area contributed by atoms with Crippen LogP contribution in [0.4, 0.5) is 0 Å². The molecule has 0 aliphatic carbocycles. The van der Waals surface area contributed by atoms with Crippen molar-refractivity contribution in [3.63, 3.8) is 0 Å². The number of hydrogen-bond acceptors (Lipinski definition) is 4. The van der Waals surface area contributed by atoms with Crippen molar-refractivity contribution >= 4 is 22.1 Å². The van der Waals surface area contributed by atoms with Crippen LogP contribution in [0.2, 0.25) is 0 Å². The van der Waals surface area contributed by atoms with E-state index in [1.165, 1.54) is 0 Å². The van der Waals surface area contributed by atoms with Crippen molar-refractivity contribution in [2.24, 2.45) is 14.1 Å². The maximum Gasteiger partial charge on any atom is 0.326 e. The van der Waals surface area contributed by atoms with Gasteiger partial charge in [0.05, 0.1) is 46.1 Å². The highest BCUT2D eigenvalue weighted by Crippen LogP contribution is 2.40. The Morgan fingerprint density at radius 2 is 1.86 bits per heavy atom. The molecule has 0 atom stereocenters. The van der Waals surface area contributed by atoms with Gasteiger partial charge >= 0.3 is 5.69 Å². The van der Waals surface area contributed by atoms with Gasteiger partial charge in [-0.25, -0.2) is 9.78 Å². The molecular formula is C20H15N7O. The maximum atomic E-state index is 12.2. The van der Waals surface area contributed by atoms with Gasteiger partial charge in [-0.1, -0.05) is 12.1 Å². The minimum atomic E-state index is -0.195. The largest absolute Gasteiger partial charge is 0.339 e. The van der Waals surface area contributed by atoms with Gasteiger partial charge in [-0.3, -0.25) is 9.25 Å². The van der Waals surface area contributed by atoms with Crippen LogP contribution in [0.25, 0.3) is 44.5 Å². The van der Waals surface area contributed by atoms with Crippen LogP contribution < -0.4 is 5.69 Å². The minimum absolute atomic E-state index is 0.195. The van der Waals surface area contributed by atoms with Crippen molar-refractivity contribution in [1.29, 1.82) is 5.26 Å². The molecule has 0 radical (unpaired) electrons. The van der Waals surface area contributed by atoms with Gasteiger partial charge in [0.2, 0.25) is 0 Å². The van der Waals surface area contributed by atoms with Crippen molar-refractivity contribution in [1.82, 2.24) is 29.3 Å². The molecule has 8 nitrogen and oxygen atoms in total. The first-order valence-corrected chi connectivity index (χ1v) is 8.65. The van der Waals surface area contributed by atoms with E-state index in [9.17, 15) is 4.79 Å². The third-order valence-electron chi connectivity index (χ3n) is 5.00. The summed E-state index contributed by atoms with van der Waals surface area (Å²) in [7, 11) is 3.57. The number of aromatic amines is 2. The number of fused-ring (bicyclic) bond motifs is 3. The number of rotatable bonds is 2. The van der Waals surface area contributed by atoms with Crippen LogP contribution in [0.1, 0.15) is 5.56 Å². The Morgan fingerprint density at radius 1 is 1.07 bits per heavy atom. The number of nitrogens with zero attached hydrogens (tertiary/aromatic N) is 5. The second kappa shape index (κ2) is 5.69. The Kier molecular flexibility index (Phi) is 3.27. The lowest BCUT2D eigenvalue weighted by molar-refractivity contribution is 0.768. The number of hydrogen-bond donors (Lipinski definition) is 2. The van der Waals surface area contributed by atoms with Gasteiger partial charge in [-0.2, -0.15) is 10.4 Å². The summed E-state index contributed by atoms with van der Waals surface area (Å²) in [5, 5.41) is 14.2. The van der Waals surface area contributed by atoms with Gasteiger partial charge in [-0.05, 0) is 17.7 Å². The van der Waals surface area contributed by atoms with E-state index in [1.807, 2.05) is 25.4 Å². The van der Waals surface area contributed by atoms with Crippen LogP contribution in [-0.4, -0.2) is 29.3 Å². The molecule has 4 aromatic heterocycles. The number of imidazole rings is 1. The van der Waals surface area contributed by atoms with Gasteiger partial charge in [-0.15, -0.1) is 0 Å². The van der Waals surface area contributed by atoms with Crippen molar-refractivity contribution < 1.29 is 0 Å². The molecule has 0 amide bonds. The number of aromatic nitrogens is 6. The fourth-order valence-corrected chi connectivity index (χ4v) is 3.59. The fourth-order valence-electron chi connectivity index (χ4n) is 3.59. The molecule has 28 heavy (non-hydrogen) atoms. The molecule has 0 spiro atoms. The number of aryl methyl sites for hydroxylation is 2. The fraction of sp³-hybridized carbons (Fsp3) is 0.100. The monoisotopic (exact) mass is 369 g/mol. The average molecular weight is 369 g/mol. The third-order valence-corrected chi connectivity index (χ3v) is 5.00. The molecule has 136 valence electrons. The smallest absolute Gasteiger partial charge is 0.326 e. The molecule has 0 unspecified atom stereocenters. The molecule has 2 N–H and O–H groups in total. The lowest BCUT2D eigenvalue weighted by atomic mass is 9.99. The summed E-state index contributed by atoms with van der Waals surface area (Å²) in [6.07, 6.45) is 5.38. The molecule has 0 saturated carbocycles. The second-order valence-corrected chi connectivity index (χ2v) is 6.70. The van der Waals surface area contributed by atoms with Gasteiger partial charge in [0.25, 0.3) is 0 Å². The maximum absolute atomic E-state index is 12.2. The molecule has 5 aromatic rings. The molecule has 8 heteroatoms. The lowest BCUT2D eigenvalue weighted by Gasteiger charge is -2.05. The van der Waals surface area contributed by atoms with Crippen LogP contribution in [0.15, 0.2) is 47.7 Å². The lowest BCUT2D eigenvalue weighted by Crippen LogP contribution is -2.11. The average Bonchev–Trinajstić information content (AvgIpc) is 3.38. The Morgan fingerprint density at radius 3 is 2.54 bits per heavy atom. The summed E-state index contributed by atoms with van der Waals surface area (Å²) in [5.41, 5.74) is 6.11. The van der Waals surface area contributed by atoms with Gasteiger partial charge < -0.3 is 9.97 Å². The number of H-pyrrole nitrogens is 2. The van der Waals surface area contributed by atoms with E-state index in [-0.39, 0.29) is 5.69 Å². The number of nitriles is 1. The van der Waals surface area contributed by atoms with Crippen molar-refractivity contribution in [2.75, 3.05) is 0 Å². The first-order chi connectivity index (χ1) is 13.6. The summed E-state index contributed by atoms with van der Waals surface area (Å²) in [4.78, 5) is 23.1. The van der Waals surface area contributed by atoms with Crippen LogP contribution in [0, 0.1) is 11.3 Å². The van der Waals surface area contributed by atoms with E-state index in [0.717, 1.165) is 38.8 Å². The molecule has 0 saturated heterocycles. The van der Waals surface area contributed by atoms with Gasteiger partial charge in [0.1, 0.15) is 5.65 Å². The highest BCUT2D eigenvalue weighted by molar-refractivity contribution is 6.13. The van der Waals surface area contributed by atoms with E-state index >= 15 is 0 Å². The highest BCUT2D eigenvalue weighted by atomic mass is 16.1. The summed E-state index contributed by atoms with van der Waals surface area (Å²) >= 11 is 0. The zero-order valence-corrected chi connectivity index (χ0v) is 15.2. The molecule has 0 aliphatic heterocycles. The first kappa shape index (κ1) is 16.1. The zero-order chi connectivity index (χ0) is 19.4. The van der Waals surface area contributed by atoms with Crippen molar-refractivity contribution in [3.8, 4) is 28.5 Å². The molecule has 0 bridgehead atoms. The van der Waals surface area contributed by atoms with Crippen LogP contribution in [-0.2, 0) is 14.1 Å².